The molecule has 0 radical (unpaired) electrons. The summed E-state index contributed by atoms with van der Waals surface area (Å²) < 4.78 is 11.4. The molecule has 5 nitrogen and oxygen atoms in total. The third-order valence-corrected chi connectivity index (χ3v) is 3.18. The number of benzene rings is 1. The Kier molecular flexibility index (Phi) is 4.65. The first kappa shape index (κ1) is 15.3. The van der Waals surface area contributed by atoms with Crippen LogP contribution in [0.1, 0.15) is 32.4 Å². The first-order chi connectivity index (χ1) is 9.35. The van der Waals surface area contributed by atoms with Crippen LogP contribution in [0.2, 0.25) is 0 Å². The molecule has 0 aromatic heterocycles. The Labute approximate surface area is 120 Å². The minimum Gasteiger partial charge on any atom is -0.399 e. The van der Waals surface area contributed by atoms with Crippen LogP contribution in [-0.2, 0) is 9.47 Å². The zero-order valence-electron chi connectivity index (χ0n) is 12.4. The molecule has 2 unspecified atom stereocenters. The Balaban J connectivity index is 1.99. The predicted octanol–water partition coefficient (Wildman–Crippen LogP) is 1.73. The minimum atomic E-state index is -0.907. The van der Waals surface area contributed by atoms with Crippen molar-refractivity contribution in [1.29, 1.82) is 0 Å². The number of nitrogens with zero attached hydrogens (tertiary/aromatic N) is 1. The molecule has 5 heteroatoms. The largest absolute Gasteiger partial charge is 0.399 e. The van der Waals surface area contributed by atoms with Crippen molar-refractivity contribution < 1.29 is 14.6 Å². The van der Waals surface area contributed by atoms with Crippen LogP contribution < -0.4 is 5.73 Å². The topological polar surface area (TPSA) is 68.0 Å². The van der Waals surface area contributed by atoms with Crippen LogP contribution in [0.25, 0.3) is 0 Å². The van der Waals surface area contributed by atoms with E-state index in [4.69, 9.17) is 15.2 Å². The summed E-state index contributed by atoms with van der Waals surface area (Å²) in [4.78, 5) is 1.88. The van der Waals surface area contributed by atoms with Crippen molar-refractivity contribution in [1.82, 2.24) is 4.90 Å². The SMILES string of the molecule is CC(C)(C)OC(O)N1CCOC(c2ccc(N)cc2)C1. The van der Waals surface area contributed by atoms with Gasteiger partial charge in [0.2, 0.25) is 6.41 Å². The van der Waals surface area contributed by atoms with Crippen LogP contribution in [0, 0.1) is 0 Å². The van der Waals surface area contributed by atoms with E-state index in [9.17, 15) is 5.11 Å². The van der Waals surface area contributed by atoms with Crippen molar-refractivity contribution in [3.05, 3.63) is 29.8 Å². The monoisotopic (exact) mass is 280 g/mol. The molecule has 1 aliphatic rings. The maximum absolute atomic E-state index is 10.1. The quantitative estimate of drug-likeness (QED) is 0.652. The van der Waals surface area contributed by atoms with E-state index in [1.807, 2.05) is 49.9 Å². The molecule has 0 amide bonds. The molecule has 1 aromatic rings. The fraction of sp³-hybridized carbons (Fsp3) is 0.600. The van der Waals surface area contributed by atoms with Crippen molar-refractivity contribution in [3.8, 4) is 0 Å². The van der Waals surface area contributed by atoms with Gasteiger partial charge >= 0.3 is 0 Å². The van der Waals surface area contributed by atoms with Crippen LogP contribution in [0.4, 0.5) is 5.69 Å². The maximum Gasteiger partial charge on any atom is 0.216 e. The van der Waals surface area contributed by atoms with Crippen molar-refractivity contribution in [3.63, 3.8) is 0 Å². The zero-order chi connectivity index (χ0) is 14.8. The number of nitrogens with two attached hydrogens (primary N) is 1. The van der Waals surface area contributed by atoms with E-state index in [1.54, 1.807) is 0 Å². The van der Waals surface area contributed by atoms with Gasteiger partial charge in [-0.15, -0.1) is 0 Å². The van der Waals surface area contributed by atoms with Crippen LogP contribution >= 0.6 is 0 Å². The highest BCUT2D eigenvalue weighted by Gasteiger charge is 2.29. The van der Waals surface area contributed by atoms with Gasteiger partial charge in [-0.05, 0) is 38.5 Å². The van der Waals surface area contributed by atoms with E-state index < -0.39 is 6.41 Å². The molecule has 0 saturated carbocycles. The summed E-state index contributed by atoms with van der Waals surface area (Å²) in [6.07, 6.45) is -0.974. The first-order valence-electron chi connectivity index (χ1n) is 6.92. The van der Waals surface area contributed by atoms with Crippen LogP contribution in [0.5, 0.6) is 0 Å². The average Bonchev–Trinajstić information content (AvgIpc) is 2.38. The van der Waals surface area contributed by atoms with E-state index >= 15 is 0 Å². The summed E-state index contributed by atoms with van der Waals surface area (Å²) >= 11 is 0. The molecule has 2 rings (SSSR count). The molecular weight excluding hydrogens is 256 g/mol. The van der Waals surface area contributed by atoms with Gasteiger partial charge in [-0.1, -0.05) is 12.1 Å². The summed E-state index contributed by atoms with van der Waals surface area (Å²) in [6.45, 7) is 7.60. The summed E-state index contributed by atoms with van der Waals surface area (Å²) in [5.41, 5.74) is 7.11. The molecule has 0 spiro atoms. The second-order valence-electron chi connectivity index (χ2n) is 6.08. The average molecular weight is 280 g/mol. The third-order valence-electron chi connectivity index (χ3n) is 3.18. The number of aliphatic hydroxyl groups is 1. The summed E-state index contributed by atoms with van der Waals surface area (Å²) in [7, 11) is 0. The molecule has 1 heterocycles. The highest BCUT2D eigenvalue weighted by atomic mass is 16.6. The highest BCUT2D eigenvalue weighted by molar-refractivity contribution is 5.40. The fourth-order valence-electron chi connectivity index (χ4n) is 2.17. The van der Waals surface area contributed by atoms with Crippen molar-refractivity contribution >= 4 is 5.69 Å². The molecule has 2 atom stereocenters. The normalized spacial score (nSPS) is 22.7. The van der Waals surface area contributed by atoms with E-state index in [2.05, 4.69) is 0 Å². The lowest BCUT2D eigenvalue weighted by molar-refractivity contribution is -0.256. The van der Waals surface area contributed by atoms with Crippen molar-refractivity contribution in [2.24, 2.45) is 0 Å². The Bertz CT molecular complexity index is 428. The Morgan fingerprint density at radius 2 is 2.00 bits per heavy atom. The first-order valence-corrected chi connectivity index (χ1v) is 6.92. The fourth-order valence-corrected chi connectivity index (χ4v) is 2.17. The molecule has 20 heavy (non-hydrogen) atoms. The van der Waals surface area contributed by atoms with Crippen LogP contribution in [0.3, 0.4) is 0 Å². The Hall–Kier alpha value is -1.14. The van der Waals surface area contributed by atoms with E-state index in [0.29, 0.717) is 19.7 Å². The molecular formula is C15H24N2O3. The second-order valence-corrected chi connectivity index (χ2v) is 6.08. The van der Waals surface area contributed by atoms with E-state index in [0.717, 1.165) is 11.3 Å². The Morgan fingerprint density at radius 1 is 1.35 bits per heavy atom. The number of anilines is 1. The van der Waals surface area contributed by atoms with E-state index in [-0.39, 0.29) is 11.7 Å². The lowest BCUT2D eigenvalue weighted by Crippen LogP contribution is -2.48. The van der Waals surface area contributed by atoms with Gasteiger partial charge in [-0.2, -0.15) is 0 Å². The number of hydrogen-bond acceptors (Lipinski definition) is 5. The Morgan fingerprint density at radius 3 is 2.60 bits per heavy atom. The van der Waals surface area contributed by atoms with Gasteiger partial charge in [0.05, 0.1) is 18.3 Å². The molecule has 1 aromatic carbocycles. The molecule has 0 bridgehead atoms. The molecule has 0 aliphatic carbocycles. The second kappa shape index (κ2) is 6.10. The maximum atomic E-state index is 10.1. The summed E-state index contributed by atoms with van der Waals surface area (Å²) in [5.74, 6) is 0. The number of morpholine rings is 1. The predicted molar refractivity (Wildman–Crippen MR) is 78.0 cm³/mol. The van der Waals surface area contributed by atoms with Crippen molar-refractivity contribution in [2.75, 3.05) is 25.4 Å². The lowest BCUT2D eigenvalue weighted by atomic mass is 10.1. The molecule has 3 N–H and O–H groups in total. The lowest BCUT2D eigenvalue weighted by Gasteiger charge is -2.38. The zero-order valence-corrected chi connectivity index (χ0v) is 12.4. The number of rotatable bonds is 3. The van der Waals surface area contributed by atoms with Gasteiger partial charge < -0.3 is 20.3 Å². The van der Waals surface area contributed by atoms with Gasteiger partial charge in [-0.25, -0.2) is 0 Å². The van der Waals surface area contributed by atoms with Gasteiger partial charge in [0, 0.05) is 18.8 Å². The van der Waals surface area contributed by atoms with E-state index in [1.165, 1.54) is 0 Å². The smallest absolute Gasteiger partial charge is 0.216 e. The highest BCUT2D eigenvalue weighted by Crippen LogP contribution is 2.25. The molecule has 112 valence electrons. The van der Waals surface area contributed by atoms with Gasteiger partial charge in [0.1, 0.15) is 0 Å². The molecule has 1 aliphatic heterocycles. The number of nitrogen functional groups attached to an aromatic ring is 1. The number of ether oxygens (including phenoxy) is 2. The van der Waals surface area contributed by atoms with Crippen molar-refractivity contribution in [2.45, 2.75) is 38.9 Å². The molecule has 1 saturated heterocycles. The number of hydrogen-bond donors (Lipinski definition) is 2. The standard InChI is InChI=1S/C15H24N2O3/c1-15(2,3)20-14(18)17-8-9-19-13(10-17)11-4-6-12(16)7-5-11/h4-7,13-14,18H,8-10,16H2,1-3H3. The minimum absolute atomic E-state index is 0.0671. The van der Waals surface area contributed by atoms with Gasteiger partial charge in [-0.3, -0.25) is 4.90 Å². The van der Waals surface area contributed by atoms with Crippen LogP contribution in [0.15, 0.2) is 24.3 Å². The summed E-state index contributed by atoms with van der Waals surface area (Å²) in [6, 6.07) is 7.64. The van der Waals surface area contributed by atoms with Crippen LogP contribution in [-0.4, -0.2) is 41.7 Å². The number of aliphatic hydroxyl groups excluding tert-OH is 1. The van der Waals surface area contributed by atoms with Gasteiger partial charge in [0.15, 0.2) is 0 Å². The molecule has 1 fully saturated rings. The third kappa shape index (κ3) is 4.18. The summed E-state index contributed by atoms with van der Waals surface area (Å²) in [5, 5.41) is 10.1. The van der Waals surface area contributed by atoms with Gasteiger partial charge in [0.25, 0.3) is 0 Å².